The van der Waals surface area contributed by atoms with Crippen LogP contribution in [0.4, 0.5) is 0 Å². The third kappa shape index (κ3) is 3.26. The van der Waals surface area contributed by atoms with E-state index < -0.39 is 0 Å². The first-order chi connectivity index (χ1) is 8.20. The molecule has 0 aliphatic heterocycles. The van der Waals surface area contributed by atoms with Crippen LogP contribution >= 0.6 is 39.3 Å². The largest absolute Gasteiger partial charge is 0.326 e. The van der Waals surface area contributed by atoms with Crippen LogP contribution in [0.2, 0.25) is 5.02 Å². The Morgan fingerprint density at radius 3 is 2.47 bits per heavy atom. The summed E-state index contributed by atoms with van der Waals surface area (Å²) in [4.78, 5) is 2.28. The second kappa shape index (κ2) is 5.91. The summed E-state index contributed by atoms with van der Waals surface area (Å²) in [5.74, 6) is 0. The lowest BCUT2D eigenvalue weighted by Crippen LogP contribution is -1.99. The van der Waals surface area contributed by atoms with E-state index in [1.807, 2.05) is 30.3 Å². The lowest BCUT2D eigenvalue weighted by atomic mass is 10.2. The Balaban J connectivity index is 2.29. The summed E-state index contributed by atoms with van der Waals surface area (Å²) in [6.07, 6.45) is 0. The fourth-order valence-electron chi connectivity index (χ4n) is 1.46. The number of rotatable bonds is 3. The molecule has 2 N–H and O–H groups in total. The van der Waals surface area contributed by atoms with E-state index in [9.17, 15) is 0 Å². The molecule has 88 valence electrons. The molecule has 0 heterocycles. The summed E-state index contributed by atoms with van der Waals surface area (Å²) in [6.45, 7) is 0.457. The molecule has 0 unspecified atom stereocenters. The molecule has 2 aromatic carbocycles. The average molecular weight is 329 g/mol. The van der Waals surface area contributed by atoms with Crippen molar-refractivity contribution in [1.82, 2.24) is 0 Å². The predicted octanol–water partition coefficient (Wildman–Crippen LogP) is 4.71. The topological polar surface area (TPSA) is 26.0 Å². The van der Waals surface area contributed by atoms with Gasteiger partial charge in [0.25, 0.3) is 0 Å². The maximum atomic E-state index is 6.12. The molecule has 0 aromatic heterocycles. The molecular formula is C13H11BrClNS. The second-order valence-corrected chi connectivity index (χ2v) is 5.91. The van der Waals surface area contributed by atoms with Crippen molar-refractivity contribution in [3.63, 3.8) is 0 Å². The molecule has 0 atom stereocenters. The zero-order valence-electron chi connectivity index (χ0n) is 8.99. The lowest BCUT2D eigenvalue weighted by Gasteiger charge is -2.09. The summed E-state index contributed by atoms with van der Waals surface area (Å²) in [5.41, 5.74) is 6.73. The molecule has 2 rings (SSSR count). The van der Waals surface area contributed by atoms with E-state index in [1.165, 1.54) is 4.90 Å². The number of nitrogens with two attached hydrogens (primary N) is 1. The van der Waals surface area contributed by atoms with E-state index in [0.717, 1.165) is 20.0 Å². The molecule has 0 radical (unpaired) electrons. The van der Waals surface area contributed by atoms with Crippen LogP contribution in [0.25, 0.3) is 0 Å². The molecule has 0 saturated heterocycles. The monoisotopic (exact) mass is 327 g/mol. The van der Waals surface area contributed by atoms with Gasteiger partial charge in [-0.25, -0.2) is 0 Å². The van der Waals surface area contributed by atoms with Gasteiger partial charge in [0.1, 0.15) is 0 Å². The minimum atomic E-state index is 0.457. The van der Waals surface area contributed by atoms with Crippen molar-refractivity contribution >= 4 is 39.3 Å². The molecule has 2 aromatic rings. The van der Waals surface area contributed by atoms with Crippen molar-refractivity contribution in [2.75, 3.05) is 0 Å². The first kappa shape index (κ1) is 13.0. The summed E-state index contributed by atoms with van der Waals surface area (Å²) >= 11 is 11.2. The van der Waals surface area contributed by atoms with Crippen molar-refractivity contribution in [2.24, 2.45) is 5.73 Å². The van der Waals surface area contributed by atoms with Crippen LogP contribution in [-0.2, 0) is 6.54 Å². The SMILES string of the molecule is NCc1c(Cl)cccc1Sc1ccc(Br)cc1. The Labute approximate surface area is 118 Å². The zero-order chi connectivity index (χ0) is 12.3. The number of benzene rings is 2. The van der Waals surface area contributed by atoms with Crippen molar-refractivity contribution in [3.8, 4) is 0 Å². The van der Waals surface area contributed by atoms with E-state index in [1.54, 1.807) is 11.8 Å². The van der Waals surface area contributed by atoms with E-state index >= 15 is 0 Å². The van der Waals surface area contributed by atoms with E-state index in [4.69, 9.17) is 17.3 Å². The van der Waals surface area contributed by atoms with E-state index in [2.05, 4.69) is 28.1 Å². The van der Waals surface area contributed by atoms with Crippen molar-refractivity contribution < 1.29 is 0 Å². The van der Waals surface area contributed by atoms with Gasteiger partial charge in [-0.3, -0.25) is 0 Å². The smallest absolute Gasteiger partial charge is 0.0462 e. The minimum absolute atomic E-state index is 0.457. The van der Waals surface area contributed by atoms with Crippen LogP contribution < -0.4 is 5.73 Å². The van der Waals surface area contributed by atoms with Gasteiger partial charge < -0.3 is 5.73 Å². The Morgan fingerprint density at radius 2 is 1.82 bits per heavy atom. The van der Waals surface area contributed by atoms with Gasteiger partial charge in [-0.1, -0.05) is 45.4 Å². The summed E-state index contributed by atoms with van der Waals surface area (Å²) in [7, 11) is 0. The maximum absolute atomic E-state index is 6.12. The quantitative estimate of drug-likeness (QED) is 0.883. The van der Waals surface area contributed by atoms with Crippen molar-refractivity contribution in [2.45, 2.75) is 16.3 Å². The van der Waals surface area contributed by atoms with Crippen LogP contribution in [0.5, 0.6) is 0 Å². The fraction of sp³-hybridized carbons (Fsp3) is 0.0769. The Hall–Kier alpha value is -0.480. The third-order valence-electron chi connectivity index (χ3n) is 2.32. The van der Waals surface area contributed by atoms with Crippen LogP contribution in [0, 0.1) is 0 Å². The number of halogens is 2. The molecule has 0 saturated carbocycles. The van der Waals surface area contributed by atoms with Crippen molar-refractivity contribution in [1.29, 1.82) is 0 Å². The van der Waals surface area contributed by atoms with Crippen LogP contribution in [0.3, 0.4) is 0 Å². The Kier molecular flexibility index (Phi) is 4.51. The summed E-state index contributed by atoms with van der Waals surface area (Å²) in [6, 6.07) is 14.0. The highest BCUT2D eigenvalue weighted by Gasteiger charge is 2.06. The second-order valence-electron chi connectivity index (χ2n) is 3.48. The highest BCUT2D eigenvalue weighted by molar-refractivity contribution is 9.10. The Bertz CT molecular complexity index is 513. The van der Waals surface area contributed by atoms with Gasteiger partial charge >= 0.3 is 0 Å². The molecule has 0 fully saturated rings. The van der Waals surface area contributed by atoms with Gasteiger partial charge in [0.15, 0.2) is 0 Å². The molecule has 17 heavy (non-hydrogen) atoms. The first-order valence-electron chi connectivity index (χ1n) is 5.11. The van der Waals surface area contributed by atoms with Gasteiger partial charge in [-0.2, -0.15) is 0 Å². The van der Waals surface area contributed by atoms with Crippen LogP contribution in [0.1, 0.15) is 5.56 Å². The zero-order valence-corrected chi connectivity index (χ0v) is 12.1. The number of hydrogen-bond donors (Lipinski definition) is 1. The van der Waals surface area contributed by atoms with Crippen LogP contribution in [-0.4, -0.2) is 0 Å². The van der Waals surface area contributed by atoms with Gasteiger partial charge in [-0.05, 0) is 42.0 Å². The molecule has 0 amide bonds. The highest BCUT2D eigenvalue weighted by Crippen LogP contribution is 2.33. The van der Waals surface area contributed by atoms with Gasteiger partial charge in [0.2, 0.25) is 0 Å². The average Bonchev–Trinajstić information content (AvgIpc) is 2.32. The van der Waals surface area contributed by atoms with Gasteiger partial charge in [0.05, 0.1) is 0 Å². The molecular weight excluding hydrogens is 318 g/mol. The first-order valence-corrected chi connectivity index (χ1v) is 7.10. The predicted molar refractivity (Wildman–Crippen MR) is 77.6 cm³/mol. The summed E-state index contributed by atoms with van der Waals surface area (Å²) < 4.78 is 1.08. The molecule has 4 heteroatoms. The van der Waals surface area contributed by atoms with Crippen LogP contribution in [0.15, 0.2) is 56.7 Å². The molecule has 0 aliphatic rings. The normalized spacial score (nSPS) is 10.5. The molecule has 0 bridgehead atoms. The highest BCUT2D eigenvalue weighted by atomic mass is 79.9. The third-order valence-corrected chi connectivity index (χ3v) is 4.31. The summed E-state index contributed by atoms with van der Waals surface area (Å²) in [5, 5.41) is 0.731. The van der Waals surface area contributed by atoms with Gasteiger partial charge in [0, 0.05) is 25.8 Å². The molecule has 1 nitrogen and oxygen atoms in total. The lowest BCUT2D eigenvalue weighted by molar-refractivity contribution is 1.03. The molecule has 0 aliphatic carbocycles. The molecule has 0 spiro atoms. The van der Waals surface area contributed by atoms with Gasteiger partial charge in [-0.15, -0.1) is 0 Å². The van der Waals surface area contributed by atoms with E-state index in [-0.39, 0.29) is 0 Å². The standard InChI is InChI=1S/C13H11BrClNS/c14-9-4-6-10(7-5-9)17-13-3-1-2-12(15)11(13)8-16/h1-7H,8,16H2. The number of hydrogen-bond acceptors (Lipinski definition) is 2. The Morgan fingerprint density at radius 1 is 1.12 bits per heavy atom. The van der Waals surface area contributed by atoms with Crippen molar-refractivity contribution in [3.05, 3.63) is 57.5 Å². The fourth-order valence-corrected chi connectivity index (χ4v) is 3.02. The maximum Gasteiger partial charge on any atom is 0.0462 e. The van der Waals surface area contributed by atoms with E-state index in [0.29, 0.717) is 6.54 Å². The minimum Gasteiger partial charge on any atom is -0.326 e.